The summed E-state index contributed by atoms with van der Waals surface area (Å²) in [5.74, 6) is -0.355. The number of pyridine rings is 1. The number of aromatic nitrogens is 1. The summed E-state index contributed by atoms with van der Waals surface area (Å²) >= 11 is 3.24. The van der Waals surface area contributed by atoms with Crippen LogP contribution in [-0.2, 0) is 0 Å². The minimum Gasteiger partial charge on any atom is -0.506 e. The Bertz CT molecular complexity index is 558. The van der Waals surface area contributed by atoms with Crippen molar-refractivity contribution in [1.82, 2.24) is 4.98 Å². The average molecular weight is 293 g/mol. The molecule has 1 aromatic carbocycles. The van der Waals surface area contributed by atoms with Crippen LogP contribution < -0.4 is 5.32 Å². The number of rotatable bonds is 2. The fourth-order valence-corrected chi connectivity index (χ4v) is 1.75. The first-order valence-corrected chi connectivity index (χ1v) is 5.67. The molecule has 0 aliphatic rings. The van der Waals surface area contributed by atoms with E-state index in [-0.39, 0.29) is 17.4 Å². The fraction of sp³-hybridized carbons (Fsp3) is 0. The van der Waals surface area contributed by atoms with Crippen LogP contribution in [0.1, 0.15) is 10.5 Å². The van der Waals surface area contributed by atoms with E-state index in [9.17, 15) is 9.90 Å². The van der Waals surface area contributed by atoms with Gasteiger partial charge in [0, 0.05) is 10.7 Å². The molecule has 1 heterocycles. The summed E-state index contributed by atoms with van der Waals surface area (Å²) in [6.07, 6.45) is 1.53. The summed E-state index contributed by atoms with van der Waals surface area (Å²) < 4.78 is 0.605. The number of hydrogen-bond donors (Lipinski definition) is 2. The number of hydrogen-bond acceptors (Lipinski definition) is 3. The van der Waals surface area contributed by atoms with Gasteiger partial charge in [0.25, 0.3) is 5.91 Å². The van der Waals surface area contributed by atoms with E-state index in [0.717, 1.165) is 0 Å². The van der Waals surface area contributed by atoms with E-state index < -0.39 is 0 Å². The minimum atomic E-state index is -0.376. The van der Waals surface area contributed by atoms with Crippen LogP contribution in [-0.4, -0.2) is 16.0 Å². The van der Waals surface area contributed by atoms with E-state index in [0.29, 0.717) is 10.2 Å². The van der Waals surface area contributed by atoms with E-state index in [1.54, 1.807) is 30.3 Å². The van der Waals surface area contributed by atoms with E-state index in [2.05, 4.69) is 26.2 Å². The normalized spacial score (nSPS) is 9.94. The van der Waals surface area contributed by atoms with Gasteiger partial charge in [0.05, 0.1) is 5.69 Å². The summed E-state index contributed by atoms with van der Waals surface area (Å²) in [4.78, 5) is 15.8. The third kappa shape index (κ3) is 2.62. The maximum Gasteiger partial charge on any atom is 0.275 e. The molecule has 1 aromatic heterocycles. The SMILES string of the molecule is O=C(Nc1ccccc1O)c1ncccc1Br. The standard InChI is InChI=1S/C12H9BrN2O2/c13-8-4-3-7-14-11(8)12(17)15-9-5-1-2-6-10(9)16/h1-7,16H,(H,15,17). The zero-order chi connectivity index (χ0) is 12.3. The summed E-state index contributed by atoms with van der Waals surface area (Å²) in [6.45, 7) is 0. The molecule has 4 nitrogen and oxygen atoms in total. The zero-order valence-electron chi connectivity index (χ0n) is 8.72. The van der Waals surface area contributed by atoms with E-state index in [1.165, 1.54) is 12.3 Å². The lowest BCUT2D eigenvalue weighted by Crippen LogP contribution is -2.14. The molecular weight excluding hydrogens is 284 g/mol. The first kappa shape index (κ1) is 11.6. The number of benzene rings is 1. The molecule has 0 bridgehead atoms. The topological polar surface area (TPSA) is 62.2 Å². The summed E-state index contributed by atoms with van der Waals surface area (Å²) in [7, 11) is 0. The Balaban J connectivity index is 2.24. The van der Waals surface area contributed by atoms with Crippen molar-refractivity contribution in [2.75, 3.05) is 5.32 Å². The van der Waals surface area contributed by atoms with Gasteiger partial charge in [-0.1, -0.05) is 12.1 Å². The molecule has 0 saturated heterocycles. The maximum atomic E-state index is 11.9. The van der Waals surface area contributed by atoms with Crippen molar-refractivity contribution in [1.29, 1.82) is 0 Å². The Morgan fingerprint density at radius 2 is 2.00 bits per heavy atom. The molecule has 0 atom stereocenters. The van der Waals surface area contributed by atoms with Crippen LogP contribution in [0.4, 0.5) is 5.69 Å². The molecule has 2 rings (SSSR count). The molecule has 0 aliphatic carbocycles. The second kappa shape index (κ2) is 4.97. The first-order valence-electron chi connectivity index (χ1n) is 4.88. The van der Waals surface area contributed by atoms with Gasteiger partial charge in [0.15, 0.2) is 0 Å². The number of phenols is 1. The van der Waals surface area contributed by atoms with E-state index in [1.807, 2.05) is 0 Å². The summed E-state index contributed by atoms with van der Waals surface area (Å²) in [6, 6.07) is 9.98. The van der Waals surface area contributed by atoms with Gasteiger partial charge in [0.2, 0.25) is 0 Å². The number of carbonyl (C=O) groups excluding carboxylic acids is 1. The Labute approximate surface area is 106 Å². The van der Waals surface area contributed by atoms with Crippen molar-refractivity contribution >= 4 is 27.5 Å². The van der Waals surface area contributed by atoms with Gasteiger partial charge in [-0.05, 0) is 40.2 Å². The van der Waals surface area contributed by atoms with Crippen molar-refractivity contribution in [3.05, 3.63) is 52.8 Å². The lowest BCUT2D eigenvalue weighted by atomic mass is 10.2. The van der Waals surface area contributed by atoms with Crippen LogP contribution in [0.5, 0.6) is 5.75 Å². The molecule has 0 spiro atoms. The van der Waals surface area contributed by atoms with Crippen LogP contribution >= 0.6 is 15.9 Å². The van der Waals surface area contributed by atoms with Gasteiger partial charge in [0.1, 0.15) is 11.4 Å². The number of carbonyl (C=O) groups is 1. The second-order valence-corrected chi connectivity index (χ2v) is 4.16. The second-order valence-electron chi connectivity index (χ2n) is 3.31. The Hall–Kier alpha value is -1.88. The lowest BCUT2D eigenvalue weighted by Gasteiger charge is -2.07. The fourth-order valence-electron chi connectivity index (χ4n) is 1.31. The van der Waals surface area contributed by atoms with Gasteiger partial charge in [-0.15, -0.1) is 0 Å². The van der Waals surface area contributed by atoms with Crippen molar-refractivity contribution in [3.8, 4) is 5.75 Å². The number of halogens is 1. The Morgan fingerprint density at radius 3 is 2.71 bits per heavy atom. The number of nitrogens with one attached hydrogen (secondary N) is 1. The number of nitrogens with zero attached hydrogens (tertiary/aromatic N) is 1. The molecule has 0 saturated carbocycles. The number of aromatic hydroxyl groups is 1. The molecule has 0 fully saturated rings. The van der Waals surface area contributed by atoms with Crippen LogP contribution in [0, 0.1) is 0 Å². The molecule has 5 heteroatoms. The molecule has 0 aliphatic heterocycles. The highest BCUT2D eigenvalue weighted by molar-refractivity contribution is 9.10. The number of anilines is 1. The minimum absolute atomic E-state index is 0.0212. The molecule has 2 N–H and O–H groups in total. The van der Waals surface area contributed by atoms with Crippen LogP contribution in [0.15, 0.2) is 47.1 Å². The molecule has 17 heavy (non-hydrogen) atoms. The van der Waals surface area contributed by atoms with Gasteiger partial charge in [-0.2, -0.15) is 0 Å². The van der Waals surface area contributed by atoms with Crippen molar-refractivity contribution in [2.24, 2.45) is 0 Å². The Kier molecular flexibility index (Phi) is 3.39. The van der Waals surface area contributed by atoms with Crippen molar-refractivity contribution < 1.29 is 9.90 Å². The lowest BCUT2D eigenvalue weighted by molar-refractivity contribution is 0.102. The van der Waals surface area contributed by atoms with Crippen molar-refractivity contribution in [2.45, 2.75) is 0 Å². The number of para-hydroxylation sites is 2. The molecule has 0 radical (unpaired) electrons. The molecule has 0 unspecified atom stereocenters. The van der Waals surface area contributed by atoms with Gasteiger partial charge < -0.3 is 10.4 Å². The van der Waals surface area contributed by atoms with Crippen molar-refractivity contribution in [3.63, 3.8) is 0 Å². The molecule has 86 valence electrons. The summed E-state index contributed by atoms with van der Waals surface area (Å²) in [5.41, 5.74) is 0.630. The molecule has 2 aromatic rings. The highest BCUT2D eigenvalue weighted by Crippen LogP contribution is 2.23. The quantitative estimate of drug-likeness (QED) is 0.837. The van der Waals surface area contributed by atoms with Gasteiger partial charge in [-0.25, -0.2) is 4.98 Å². The third-order valence-corrected chi connectivity index (χ3v) is 2.77. The van der Waals surface area contributed by atoms with Crippen LogP contribution in [0.3, 0.4) is 0 Å². The predicted molar refractivity (Wildman–Crippen MR) is 68.0 cm³/mol. The smallest absolute Gasteiger partial charge is 0.275 e. The molecular formula is C12H9BrN2O2. The monoisotopic (exact) mass is 292 g/mol. The average Bonchev–Trinajstić information content (AvgIpc) is 2.32. The maximum absolute atomic E-state index is 11.9. The zero-order valence-corrected chi connectivity index (χ0v) is 10.3. The summed E-state index contributed by atoms with van der Waals surface area (Å²) in [5, 5.41) is 12.1. The highest BCUT2D eigenvalue weighted by Gasteiger charge is 2.12. The predicted octanol–water partition coefficient (Wildman–Crippen LogP) is 2.80. The highest BCUT2D eigenvalue weighted by atomic mass is 79.9. The van der Waals surface area contributed by atoms with Crippen LogP contribution in [0.25, 0.3) is 0 Å². The Morgan fingerprint density at radius 1 is 1.24 bits per heavy atom. The van der Waals surface area contributed by atoms with Gasteiger partial charge >= 0.3 is 0 Å². The van der Waals surface area contributed by atoms with E-state index in [4.69, 9.17) is 0 Å². The first-order chi connectivity index (χ1) is 8.18. The number of phenolic OH excluding ortho intramolecular Hbond substituents is 1. The van der Waals surface area contributed by atoms with Crippen LogP contribution in [0.2, 0.25) is 0 Å². The third-order valence-electron chi connectivity index (χ3n) is 2.13. The number of amides is 1. The van der Waals surface area contributed by atoms with E-state index >= 15 is 0 Å². The largest absolute Gasteiger partial charge is 0.506 e. The van der Waals surface area contributed by atoms with Gasteiger partial charge in [-0.3, -0.25) is 4.79 Å². The molecule has 1 amide bonds.